The number of halogens is 1. The van der Waals surface area contributed by atoms with Crippen molar-refractivity contribution in [1.29, 1.82) is 0 Å². The predicted molar refractivity (Wildman–Crippen MR) is 128 cm³/mol. The summed E-state index contributed by atoms with van der Waals surface area (Å²) in [5.41, 5.74) is 0.692. The van der Waals surface area contributed by atoms with Crippen molar-refractivity contribution in [3.05, 3.63) is 66.1 Å². The van der Waals surface area contributed by atoms with Crippen LogP contribution in [0.25, 0.3) is 5.82 Å². The van der Waals surface area contributed by atoms with E-state index in [0.29, 0.717) is 36.5 Å². The molecule has 1 atom stereocenters. The summed E-state index contributed by atoms with van der Waals surface area (Å²) in [6.45, 7) is 4.37. The van der Waals surface area contributed by atoms with Crippen molar-refractivity contribution < 1.29 is 13.9 Å². The van der Waals surface area contributed by atoms with E-state index < -0.39 is 11.4 Å². The van der Waals surface area contributed by atoms with E-state index in [1.165, 1.54) is 18.0 Å². The third-order valence-corrected chi connectivity index (χ3v) is 5.99. The molecule has 3 N–H and O–H groups in total. The molecule has 0 radical (unpaired) electrons. The lowest BCUT2D eigenvalue weighted by atomic mass is 9.92. The molecule has 1 aliphatic heterocycles. The SMILES string of the molecule is COC1(C(=O)N[C@@H](C)c2ccc(-n3cc(F)cn3)nc2)CN(c2nccc(Nc3cc(C)[nH]n3)n2)C1. The Morgan fingerprint density at radius 2 is 2.06 bits per heavy atom. The second-order valence-corrected chi connectivity index (χ2v) is 8.61. The maximum Gasteiger partial charge on any atom is 0.256 e. The first-order valence-corrected chi connectivity index (χ1v) is 11.2. The topological polar surface area (TPSA) is 139 Å². The summed E-state index contributed by atoms with van der Waals surface area (Å²) < 4.78 is 20.2. The number of amides is 1. The standard InChI is InChI=1S/C23H25FN10O2/c1-14-8-19(32-31-14)29-18-6-7-25-22(30-18)33-12-23(13-33,36-3)21(35)28-15(2)16-4-5-20(26-9-16)34-11-17(24)10-27-34/h4-11,15H,12-13H2,1-3H3,(H,28,35)(H2,25,29,30,31,32)/t15-/m0/s1. The van der Waals surface area contributed by atoms with E-state index in [0.717, 1.165) is 17.5 Å². The van der Waals surface area contributed by atoms with Gasteiger partial charge < -0.3 is 20.3 Å². The molecule has 0 saturated carbocycles. The van der Waals surface area contributed by atoms with Gasteiger partial charge in [-0.3, -0.25) is 9.89 Å². The predicted octanol–water partition coefficient (Wildman–Crippen LogP) is 2.05. The van der Waals surface area contributed by atoms with Gasteiger partial charge in [0.1, 0.15) is 5.82 Å². The van der Waals surface area contributed by atoms with Crippen LogP contribution in [0.5, 0.6) is 0 Å². The lowest BCUT2D eigenvalue weighted by Gasteiger charge is -2.47. The van der Waals surface area contributed by atoms with Crippen molar-refractivity contribution in [2.75, 3.05) is 30.4 Å². The number of pyridine rings is 1. The van der Waals surface area contributed by atoms with Crippen LogP contribution < -0.4 is 15.5 Å². The minimum atomic E-state index is -1.03. The fraction of sp³-hybridized carbons (Fsp3) is 0.304. The molecule has 0 aliphatic carbocycles. The molecule has 0 aromatic carbocycles. The summed E-state index contributed by atoms with van der Waals surface area (Å²) in [5.74, 6) is 1.52. The first-order valence-electron chi connectivity index (χ1n) is 11.2. The third-order valence-electron chi connectivity index (χ3n) is 5.99. The Hall–Kier alpha value is -4.39. The van der Waals surface area contributed by atoms with Crippen molar-refractivity contribution in [2.45, 2.75) is 25.5 Å². The number of carbonyl (C=O) groups excluding carboxylic acids is 1. The minimum Gasteiger partial charge on any atom is -0.365 e. The van der Waals surface area contributed by atoms with Crippen LogP contribution in [0, 0.1) is 12.7 Å². The zero-order chi connectivity index (χ0) is 25.3. The van der Waals surface area contributed by atoms with Crippen LogP contribution in [0.4, 0.5) is 22.0 Å². The summed E-state index contributed by atoms with van der Waals surface area (Å²) in [4.78, 5) is 28.2. The first kappa shape index (κ1) is 23.4. The third kappa shape index (κ3) is 4.60. The number of carbonyl (C=O) groups is 1. The summed E-state index contributed by atoms with van der Waals surface area (Å²) in [7, 11) is 1.51. The molecule has 5 rings (SSSR count). The summed E-state index contributed by atoms with van der Waals surface area (Å²) >= 11 is 0. The highest BCUT2D eigenvalue weighted by Crippen LogP contribution is 2.30. The Morgan fingerprint density at radius 3 is 2.69 bits per heavy atom. The van der Waals surface area contributed by atoms with Crippen molar-refractivity contribution >= 4 is 23.5 Å². The number of aromatic nitrogens is 7. The maximum atomic E-state index is 13.2. The molecule has 1 amide bonds. The van der Waals surface area contributed by atoms with Gasteiger partial charge >= 0.3 is 0 Å². The van der Waals surface area contributed by atoms with Gasteiger partial charge in [0.2, 0.25) is 5.95 Å². The van der Waals surface area contributed by atoms with E-state index >= 15 is 0 Å². The van der Waals surface area contributed by atoms with Crippen molar-refractivity contribution in [1.82, 2.24) is 40.2 Å². The number of hydrogen-bond donors (Lipinski definition) is 3. The van der Waals surface area contributed by atoms with Crippen molar-refractivity contribution in [3.63, 3.8) is 0 Å². The van der Waals surface area contributed by atoms with E-state index in [1.54, 1.807) is 24.5 Å². The zero-order valence-electron chi connectivity index (χ0n) is 19.9. The van der Waals surface area contributed by atoms with Crippen LogP contribution in [0.2, 0.25) is 0 Å². The van der Waals surface area contributed by atoms with E-state index in [9.17, 15) is 9.18 Å². The number of methoxy groups -OCH3 is 1. The molecule has 13 heteroatoms. The molecule has 36 heavy (non-hydrogen) atoms. The van der Waals surface area contributed by atoms with Crippen LogP contribution >= 0.6 is 0 Å². The largest absolute Gasteiger partial charge is 0.365 e. The molecule has 0 bridgehead atoms. The van der Waals surface area contributed by atoms with Gasteiger partial charge in [-0.25, -0.2) is 19.0 Å². The fourth-order valence-electron chi connectivity index (χ4n) is 3.89. The summed E-state index contributed by atoms with van der Waals surface area (Å²) in [5, 5.41) is 17.0. The van der Waals surface area contributed by atoms with Gasteiger partial charge in [0.25, 0.3) is 5.91 Å². The Balaban J connectivity index is 1.21. The Labute approximate surface area is 205 Å². The van der Waals surface area contributed by atoms with Gasteiger partial charge in [-0.1, -0.05) is 6.07 Å². The van der Waals surface area contributed by atoms with Crippen LogP contribution in [-0.4, -0.2) is 66.6 Å². The number of anilines is 3. The van der Waals surface area contributed by atoms with Gasteiger partial charge in [-0.15, -0.1) is 0 Å². The molecule has 0 spiro atoms. The van der Waals surface area contributed by atoms with E-state index in [1.807, 2.05) is 30.9 Å². The number of hydrogen-bond acceptors (Lipinski definition) is 9. The molecule has 1 fully saturated rings. The minimum absolute atomic E-state index is 0.242. The van der Waals surface area contributed by atoms with Crippen molar-refractivity contribution in [3.8, 4) is 5.82 Å². The molecular formula is C23H25FN10O2. The van der Waals surface area contributed by atoms with Gasteiger partial charge in [-0.2, -0.15) is 15.2 Å². The number of H-pyrrole nitrogens is 1. The normalized spacial score (nSPS) is 15.3. The van der Waals surface area contributed by atoms with Crippen LogP contribution in [0.3, 0.4) is 0 Å². The van der Waals surface area contributed by atoms with E-state index in [2.05, 4.69) is 40.9 Å². The molecule has 186 valence electrons. The Kier molecular flexibility index (Phi) is 6.06. The molecular weight excluding hydrogens is 467 g/mol. The smallest absolute Gasteiger partial charge is 0.256 e. The maximum absolute atomic E-state index is 13.2. The van der Waals surface area contributed by atoms with Gasteiger partial charge in [0, 0.05) is 31.3 Å². The number of aromatic amines is 1. The second-order valence-electron chi connectivity index (χ2n) is 8.61. The molecule has 1 saturated heterocycles. The van der Waals surface area contributed by atoms with Gasteiger partial charge in [0.05, 0.1) is 31.5 Å². The molecule has 4 aromatic rings. The highest BCUT2D eigenvalue weighted by atomic mass is 19.1. The zero-order valence-corrected chi connectivity index (χ0v) is 19.9. The number of nitrogens with one attached hydrogen (secondary N) is 3. The number of nitrogens with zero attached hydrogens (tertiary/aromatic N) is 7. The average Bonchev–Trinajstić information content (AvgIpc) is 3.47. The fourth-order valence-corrected chi connectivity index (χ4v) is 3.89. The van der Waals surface area contributed by atoms with Gasteiger partial charge in [-0.05, 0) is 31.5 Å². The molecule has 0 unspecified atom stereocenters. The summed E-state index contributed by atoms with van der Waals surface area (Å²) in [6, 6.07) is 6.81. The molecule has 4 aromatic heterocycles. The highest BCUT2D eigenvalue weighted by molar-refractivity contribution is 5.89. The quantitative estimate of drug-likeness (QED) is 0.337. The van der Waals surface area contributed by atoms with Gasteiger partial charge in [0.15, 0.2) is 23.1 Å². The van der Waals surface area contributed by atoms with Crippen LogP contribution in [0.15, 0.2) is 49.1 Å². The first-order chi connectivity index (χ1) is 17.3. The highest BCUT2D eigenvalue weighted by Gasteiger charge is 2.51. The van der Waals surface area contributed by atoms with Crippen LogP contribution in [0.1, 0.15) is 24.2 Å². The lowest BCUT2D eigenvalue weighted by Crippen LogP contribution is -2.70. The molecule has 12 nitrogen and oxygen atoms in total. The van der Waals surface area contributed by atoms with E-state index in [-0.39, 0.29) is 11.9 Å². The monoisotopic (exact) mass is 492 g/mol. The lowest BCUT2D eigenvalue weighted by molar-refractivity contribution is -0.147. The number of rotatable bonds is 8. The molecule has 1 aliphatic rings. The van der Waals surface area contributed by atoms with Crippen LogP contribution in [-0.2, 0) is 9.53 Å². The average molecular weight is 493 g/mol. The van der Waals surface area contributed by atoms with E-state index in [4.69, 9.17) is 4.74 Å². The Morgan fingerprint density at radius 1 is 1.22 bits per heavy atom. The summed E-state index contributed by atoms with van der Waals surface area (Å²) in [6.07, 6.45) is 5.63. The Bertz CT molecular complexity index is 1360. The number of aryl methyl sites for hydroxylation is 1. The number of ether oxygens (including phenoxy) is 1. The molecule has 5 heterocycles. The second kappa shape index (κ2) is 9.34. The van der Waals surface area contributed by atoms with Crippen molar-refractivity contribution in [2.24, 2.45) is 0 Å².